The number of hydrogen-bond acceptors (Lipinski definition) is 1. The molecule has 0 aromatic heterocycles. The highest BCUT2D eigenvalue weighted by molar-refractivity contribution is 6.51. The van der Waals surface area contributed by atoms with E-state index in [0.717, 1.165) is 6.42 Å². The van der Waals surface area contributed by atoms with Crippen molar-refractivity contribution in [2.45, 2.75) is 23.8 Å². The van der Waals surface area contributed by atoms with Gasteiger partial charge in [0.2, 0.25) is 0 Å². The molecule has 0 amide bonds. The molecule has 1 nitrogen and oxygen atoms in total. The normalized spacial score (nSPS) is 32.6. The zero-order valence-corrected chi connectivity index (χ0v) is 6.17. The number of halogens is 2. The van der Waals surface area contributed by atoms with E-state index in [1.807, 2.05) is 6.92 Å². The Balaban J connectivity index is 2.17. The number of alkyl halides is 2. The van der Waals surface area contributed by atoms with Crippen LogP contribution in [0.3, 0.4) is 0 Å². The van der Waals surface area contributed by atoms with Gasteiger partial charge in [-0.05, 0) is 6.92 Å². The van der Waals surface area contributed by atoms with Crippen LogP contribution >= 0.6 is 23.2 Å². The van der Waals surface area contributed by atoms with E-state index in [9.17, 15) is 0 Å². The molecule has 0 radical (unpaired) electrons. The van der Waals surface area contributed by atoms with Crippen LogP contribution in [0.5, 0.6) is 0 Å². The summed E-state index contributed by atoms with van der Waals surface area (Å²) in [4.78, 5) is 0. The second-order valence-corrected chi connectivity index (χ2v) is 3.45. The van der Waals surface area contributed by atoms with Gasteiger partial charge in [0.1, 0.15) is 4.33 Å². The van der Waals surface area contributed by atoms with E-state index in [-0.39, 0.29) is 6.10 Å². The van der Waals surface area contributed by atoms with Crippen molar-refractivity contribution in [1.29, 1.82) is 0 Å². The van der Waals surface area contributed by atoms with Crippen molar-refractivity contribution in [3.8, 4) is 0 Å². The Morgan fingerprint density at radius 1 is 1.75 bits per heavy atom. The number of rotatable bonds is 2. The molecule has 0 aromatic carbocycles. The summed E-state index contributed by atoms with van der Waals surface area (Å²) in [5, 5.41) is 0. The van der Waals surface area contributed by atoms with Gasteiger partial charge >= 0.3 is 0 Å². The smallest absolute Gasteiger partial charge is 0.146 e. The van der Waals surface area contributed by atoms with Gasteiger partial charge in [0.05, 0.1) is 6.10 Å². The molecule has 1 aliphatic carbocycles. The first-order valence-electron chi connectivity index (χ1n) is 2.66. The molecule has 1 saturated carbocycles. The van der Waals surface area contributed by atoms with Crippen molar-refractivity contribution < 1.29 is 4.74 Å². The second-order valence-electron chi connectivity index (χ2n) is 1.91. The first-order chi connectivity index (χ1) is 3.67. The first-order valence-corrected chi connectivity index (χ1v) is 3.42. The Bertz CT molecular complexity index is 92.4. The molecule has 0 heterocycles. The van der Waals surface area contributed by atoms with Gasteiger partial charge in [-0.3, -0.25) is 0 Å². The van der Waals surface area contributed by atoms with Crippen LogP contribution in [-0.4, -0.2) is 17.0 Å². The predicted molar refractivity (Wildman–Crippen MR) is 34.5 cm³/mol. The zero-order chi connectivity index (χ0) is 6.20. The molecule has 3 heteroatoms. The Hall–Kier alpha value is 0.540. The van der Waals surface area contributed by atoms with Crippen molar-refractivity contribution in [1.82, 2.24) is 0 Å². The lowest BCUT2D eigenvalue weighted by molar-refractivity contribution is 0.131. The van der Waals surface area contributed by atoms with Crippen LogP contribution in [0.25, 0.3) is 0 Å². The lowest BCUT2D eigenvalue weighted by Crippen LogP contribution is -2.00. The van der Waals surface area contributed by atoms with Gasteiger partial charge in [-0.1, -0.05) is 23.2 Å². The Morgan fingerprint density at radius 2 is 2.25 bits per heavy atom. The maximum Gasteiger partial charge on any atom is 0.146 e. The fraction of sp³-hybridized carbons (Fsp3) is 1.00. The SMILES string of the molecule is CCOC1CC1(Cl)Cl. The predicted octanol–water partition coefficient (Wildman–Crippen LogP) is 1.97. The monoisotopic (exact) mass is 154 g/mol. The summed E-state index contributed by atoms with van der Waals surface area (Å²) < 4.78 is 4.54. The molecule has 48 valence electrons. The third-order valence-electron chi connectivity index (χ3n) is 1.14. The number of hydrogen-bond donors (Lipinski definition) is 0. The highest BCUT2D eigenvalue weighted by atomic mass is 35.5. The van der Waals surface area contributed by atoms with Gasteiger partial charge in [-0.15, -0.1) is 0 Å². The van der Waals surface area contributed by atoms with E-state index in [1.165, 1.54) is 0 Å². The molecule has 0 aromatic rings. The summed E-state index contributed by atoms with van der Waals surface area (Å²) in [7, 11) is 0. The highest BCUT2D eigenvalue weighted by Crippen LogP contribution is 2.48. The molecule has 1 unspecified atom stereocenters. The quantitative estimate of drug-likeness (QED) is 0.554. The van der Waals surface area contributed by atoms with Crippen molar-refractivity contribution in [3.63, 3.8) is 0 Å². The summed E-state index contributed by atoms with van der Waals surface area (Å²) in [6.07, 6.45) is 0.875. The molecule has 1 aliphatic rings. The molecule has 8 heavy (non-hydrogen) atoms. The Kier molecular flexibility index (Phi) is 1.71. The fourth-order valence-electron chi connectivity index (χ4n) is 0.570. The van der Waals surface area contributed by atoms with Crippen molar-refractivity contribution in [2.75, 3.05) is 6.61 Å². The highest BCUT2D eigenvalue weighted by Gasteiger charge is 2.52. The minimum Gasteiger partial charge on any atom is -0.375 e. The van der Waals surface area contributed by atoms with Gasteiger partial charge < -0.3 is 4.74 Å². The van der Waals surface area contributed by atoms with E-state index in [4.69, 9.17) is 27.9 Å². The minimum absolute atomic E-state index is 0.0934. The Morgan fingerprint density at radius 3 is 2.38 bits per heavy atom. The van der Waals surface area contributed by atoms with Gasteiger partial charge in [0, 0.05) is 13.0 Å². The molecular weight excluding hydrogens is 147 g/mol. The molecule has 1 fully saturated rings. The lowest BCUT2D eigenvalue weighted by atomic mass is 10.8. The molecule has 0 saturated heterocycles. The molecule has 1 rings (SSSR count). The van der Waals surface area contributed by atoms with Crippen molar-refractivity contribution in [2.24, 2.45) is 0 Å². The summed E-state index contributed by atoms with van der Waals surface area (Å²) >= 11 is 11.3. The lowest BCUT2D eigenvalue weighted by Gasteiger charge is -1.96. The summed E-state index contributed by atoms with van der Waals surface area (Å²) in [6, 6.07) is 0. The average molecular weight is 155 g/mol. The first kappa shape index (κ1) is 6.66. The molecule has 0 spiro atoms. The average Bonchev–Trinajstić information content (AvgIpc) is 2.15. The maximum absolute atomic E-state index is 5.63. The summed E-state index contributed by atoms with van der Waals surface area (Å²) in [5.74, 6) is 0. The third-order valence-corrected chi connectivity index (χ3v) is 1.93. The molecule has 0 N–H and O–H groups in total. The van der Waals surface area contributed by atoms with Crippen LogP contribution in [0.15, 0.2) is 0 Å². The van der Waals surface area contributed by atoms with Crippen LogP contribution in [0.1, 0.15) is 13.3 Å². The maximum atomic E-state index is 5.63. The van der Waals surface area contributed by atoms with Crippen LogP contribution in [0.2, 0.25) is 0 Å². The van der Waals surface area contributed by atoms with Gasteiger partial charge in [-0.2, -0.15) is 0 Å². The van der Waals surface area contributed by atoms with Gasteiger partial charge in [0.25, 0.3) is 0 Å². The third kappa shape index (κ3) is 1.28. The largest absolute Gasteiger partial charge is 0.375 e. The molecular formula is C5H8Cl2O. The minimum atomic E-state index is -0.560. The molecule has 0 bridgehead atoms. The Labute approximate surface area is 58.9 Å². The van der Waals surface area contributed by atoms with E-state index in [0.29, 0.717) is 6.61 Å². The van der Waals surface area contributed by atoms with Crippen LogP contribution in [-0.2, 0) is 4.74 Å². The van der Waals surface area contributed by atoms with E-state index in [1.54, 1.807) is 0 Å². The van der Waals surface area contributed by atoms with Crippen molar-refractivity contribution >= 4 is 23.2 Å². The topological polar surface area (TPSA) is 9.23 Å². The van der Waals surface area contributed by atoms with Crippen LogP contribution in [0.4, 0.5) is 0 Å². The van der Waals surface area contributed by atoms with Crippen LogP contribution in [0, 0.1) is 0 Å². The van der Waals surface area contributed by atoms with E-state index < -0.39 is 4.33 Å². The van der Waals surface area contributed by atoms with E-state index >= 15 is 0 Å². The van der Waals surface area contributed by atoms with Gasteiger partial charge in [-0.25, -0.2) is 0 Å². The summed E-state index contributed by atoms with van der Waals surface area (Å²) in [6.45, 7) is 2.63. The number of ether oxygens (including phenoxy) is 1. The second kappa shape index (κ2) is 2.05. The fourth-order valence-corrected chi connectivity index (χ4v) is 0.977. The summed E-state index contributed by atoms with van der Waals surface area (Å²) in [5.41, 5.74) is 0. The van der Waals surface area contributed by atoms with Gasteiger partial charge in [0.15, 0.2) is 0 Å². The van der Waals surface area contributed by atoms with E-state index in [2.05, 4.69) is 0 Å². The van der Waals surface area contributed by atoms with Crippen molar-refractivity contribution in [3.05, 3.63) is 0 Å². The molecule has 1 atom stereocenters. The standard InChI is InChI=1S/C5H8Cl2O/c1-2-8-4-3-5(4,6)7/h4H,2-3H2,1H3. The zero-order valence-electron chi connectivity index (χ0n) is 4.66. The van der Waals surface area contributed by atoms with Crippen LogP contribution < -0.4 is 0 Å². The molecule has 0 aliphatic heterocycles.